The van der Waals surface area contributed by atoms with Gasteiger partial charge in [0.05, 0.1) is 13.5 Å². The number of hydrogen-bond donors (Lipinski definition) is 1. The van der Waals surface area contributed by atoms with E-state index < -0.39 is 0 Å². The summed E-state index contributed by atoms with van der Waals surface area (Å²) < 4.78 is 5.18. The van der Waals surface area contributed by atoms with Gasteiger partial charge in [0.2, 0.25) is 5.91 Å². The van der Waals surface area contributed by atoms with Gasteiger partial charge in [-0.3, -0.25) is 4.79 Å². The van der Waals surface area contributed by atoms with Crippen LogP contribution in [0.15, 0.2) is 24.3 Å². The summed E-state index contributed by atoms with van der Waals surface area (Å²) in [6, 6.07) is 7.67. The number of benzene rings is 1. The van der Waals surface area contributed by atoms with Crippen LogP contribution in [0.1, 0.15) is 25.8 Å². The average molecular weight is 304 g/mol. The summed E-state index contributed by atoms with van der Waals surface area (Å²) in [6.45, 7) is 8.58. The predicted molar refractivity (Wildman–Crippen MR) is 89.1 cm³/mol. The molecule has 1 aliphatic heterocycles. The van der Waals surface area contributed by atoms with Crippen molar-refractivity contribution < 1.29 is 9.53 Å². The van der Waals surface area contributed by atoms with Gasteiger partial charge in [0.15, 0.2) is 0 Å². The molecule has 22 heavy (non-hydrogen) atoms. The summed E-state index contributed by atoms with van der Waals surface area (Å²) in [5.41, 5.74) is 0.983. The van der Waals surface area contributed by atoms with Gasteiger partial charge in [-0.05, 0) is 36.0 Å². The third-order valence-electron chi connectivity index (χ3n) is 4.19. The first-order valence-electron chi connectivity index (χ1n) is 8.18. The Kier molecular flexibility index (Phi) is 6.25. The summed E-state index contributed by atoms with van der Waals surface area (Å²) in [6.07, 6.45) is 1.72. The molecule has 1 fully saturated rings. The molecule has 2 rings (SSSR count). The number of nitrogens with zero attached hydrogens (tertiary/aromatic N) is 1. The molecule has 1 aromatic rings. The molecule has 2 atom stereocenters. The third kappa shape index (κ3) is 5.34. The molecule has 4 heteroatoms. The normalized spacial score (nSPS) is 22.3. The van der Waals surface area contributed by atoms with Crippen LogP contribution < -0.4 is 10.1 Å². The number of nitrogens with one attached hydrogen (secondary N) is 1. The number of hydrogen-bond acceptors (Lipinski definition) is 3. The molecule has 1 N–H and O–H groups in total. The molecule has 0 saturated carbocycles. The number of likely N-dealkylation sites (tertiary alicyclic amines) is 1. The smallest absolute Gasteiger partial charge is 0.224 e. The molecule has 0 unspecified atom stereocenters. The zero-order chi connectivity index (χ0) is 15.9. The van der Waals surface area contributed by atoms with E-state index in [-0.39, 0.29) is 5.91 Å². The van der Waals surface area contributed by atoms with E-state index >= 15 is 0 Å². The van der Waals surface area contributed by atoms with E-state index in [9.17, 15) is 4.79 Å². The highest BCUT2D eigenvalue weighted by Crippen LogP contribution is 2.20. The maximum absolute atomic E-state index is 12.0. The van der Waals surface area contributed by atoms with Crippen LogP contribution >= 0.6 is 0 Å². The van der Waals surface area contributed by atoms with E-state index in [1.54, 1.807) is 7.11 Å². The first-order valence-corrected chi connectivity index (χ1v) is 8.18. The number of rotatable bonds is 6. The Hall–Kier alpha value is -1.55. The number of amides is 1. The molecule has 1 saturated heterocycles. The maximum Gasteiger partial charge on any atom is 0.224 e. The Morgan fingerprint density at radius 2 is 2.05 bits per heavy atom. The second kappa shape index (κ2) is 8.18. The van der Waals surface area contributed by atoms with Crippen molar-refractivity contribution in [3.8, 4) is 5.75 Å². The van der Waals surface area contributed by atoms with Gasteiger partial charge >= 0.3 is 0 Å². The predicted octanol–water partition coefficient (Wildman–Crippen LogP) is 2.33. The highest BCUT2D eigenvalue weighted by atomic mass is 16.5. The van der Waals surface area contributed by atoms with Crippen molar-refractivity contribution in [1.82, 2.24) is 10.2 Å². The second-order valence-corrected chi connectivity index (χ2v) is 6.58. The van der Waals surface area contributed by atoms with Crippen LogP contribution in [0.2, 0.25) is 0 Å². The van der Waals surface area contributed by atoms with E-state index in [0.717, 1.165) is 49.3 Å². The fourth-order valence-corrected chi connectivity index (χ4v) is 3.36. The van der Waals surface area contributed by atoms with Crippen molar-refractivity contribution in [2.75, 3.05) is 33.3 Å². The fraction of sp³-hybridized carbons (Fsp3) is 0.611. The quantitative estimate of drug-likeness (QED) is 0.877. The van der Waals surface area contributed by atoms with Gasteiger partial charge < -0.3 is 15.0 Å². The number of methoxy groups -OCH3 is 1. The summed E-state index contributed by atoms with van der Waals surface area (Å²) in [5.74, 6) is 2.39. The van der Waals surface area contributed by atoms with Crippen LogP contribution in [0.5, 0.6) is 5.75 Å². The summed E-state index contributed by atoms with van der Waals surface area (Å²) >= 11 is 0. The molecule has 0 spiro atoms. The van der Waals surface area contributed by atoms with Gasteiger partial charge in [0.25, 0.3) is 0 Å². The van der Waals surface area contributed by atoms with Crippen molar-refractivity contribution in [2.24, 2.45) is 11.8 Å². The zero-order valence-corrected chi connectivity index (χ0v) is 14.0. The molecule has 1 aromatic carbocycles. The fourth-order valence-electron chi connectivity index (χ4n) is 3.36. The molecule has 0 aromatic heterocycles. The first kappa shape index (κ1) is 16.8. The van der Waals surface area contributed by atoms with E-state index in [4.69, 9.17) is 4.74 Å². The van der Waals surface area contributed by atoms with Crippen LogP contribution in [-0.2, 0) is 11.2 Å². The number of ether oxygens (including phenoxy) is 1. The minimum atomic E-state index is 0.0753. The van der Waals surface area contributed by atoms with Gasteiger partial charge in [-0.15, -0.1) is 0 Å². The van der Waals surface area contributed by atoms with E-state index in [0.29, 0.717) is 6.42 Å². The summed E-state index contributed by atoms with van der Waals surface area (Å²) in [5, 5.41) is 3.02. The number of piperidine rings is 1. The summed E-state index contributed by atoms with van der Waals surface area (Å²) in [7, 11) is 1.64. The van der Waals surface area contributed by atoms with Crippen molar-refractivity contribution in [3.05, 3.63) is 29.8 Å². The molecule has 0 radical (unpaired) electrons. The summed E-state index contributed by atoms with van der Waals surface area (Å²) in [4.78, 5) is 14.5. The van der Waals surface area contributed by atoms with Crippen LogP contribution in [0.25, 0.3) is 0 Å². The Morgan fingerprint density at radius 1 is 1.32 bits per heavy atom. The van der Waals surface area contributed by atoms with E-state index in [1.807, 2.05) is 24.3 Å². The van der Waals surface area contributed by atoms with Gasteiger partial charge in [-0.25, -0.2) is 0 Å². The molecular weight excluding hydrogens is 276 g/mol. The molecule has 1 heterocycles. The van der Waals surface area contributed by atoms with Crippen LogP contribution in [0, 0.1) is 11.8 Å². The standard InChI is InChI=1S/C18H28N2O2/c1-14-9-15(2)13-20(12-14)8-7-19-18(21)11-16-5-4-6-17(10-16)22-3/h4-6,10,14-15H,7-9,11-13H2,1-3H3,(H,19,21)/t14-,15-/m1/s1. The van der Waals surface area contributed by atoms with Gasteiger partial charge in [0.1, 0.15) is 5.75 Å². The third-order valence-corrected chi connectivity index (χ3v) is 4.19. The largest absolute Gasteiger partial charge is 0.497 e. The molecule has 1 amide bonds. The van der Waals surface area contributed by atoms with Crippen molar-refractivity contribution in [1.29, 1.82) is 0 Å². The lowest BCUT2D eigenvalue weighted by atomic mass is 9.92. The Bertz CT molecular complexity index is 480. The van der Waals surface area contributed by atoms with Gasteiger partial charge in [0, 0.05) is 26.2 Å². The SMILES string of the molecule is COc1cccc(CC(=O)NCCN2C[C@H](C)C[C@@H](C)C2)c1. The van der Waals surface area contributed by atoms with E-state index in [2.05, 4.69) is 24.1 Å². The maximum atomic E-state index is 12.0. The van der Waals surface area contributed by atoms with Crippen LogP contribution in [-0.4, -0.2) is 44.1 Å². The Morgan fingerprint density at radius 3 is 2.73 bits per heavy atom. The van der Waals surface area contributed by atoms with Crippen LogP contribution in [0.4, 0.5) is 0 Å². The van der Waals surface area contributed by atoms with Crippen molar-refractivity contribution in [3.63, 3.8) is 0 Å². The molecular formula is C18H28N2O2. The minimum absolute atomic E-state index is 0.0753. The average Bonchev–Trinajstić information content (AvgIpc) is 2.46. The second-order valence-electron chi connectivity index (χ2n) is 6.58. The Labute approximate surface area is 133 Å². The topological polar surface area (TPSA) is 41.6 Å². The molecule has 0 bridgehead atoms. The van der Waals surface area contributed by atoms with Gasteiger partial charge in [-0.2, -0.15) is 0 Å². The van der Waals surface area contributed by atoms with E-state index in [1.165, 1.54) is 6.42 Å². The lowest BCUT2D eigenvalue weighted by molar-refractivity contribution is -0.120. The van der Waals surface area contributed by atoms with Crippen molar-refractivity contribution >= 4 is 5.91 Å². The number of carbonyl (C=O) groups excluding carboxylic acids is 1. The molecule has 0 aliphatic carbocycles. The first-order chi connectivity index (χ1) is 10.6. The zero-order valence-electron chi connectivity index (χ0n) is 14.0. The molecule has 1 aliphatic rings. The highest BCUT2D eigenvalue weighted by Gasteiger charge is 2.21. The molecule has 4 nitrogen and oxygen atoms in total. The monoisotopic (exact) mass is 304 g/mol. The number of carbonyl (C=O) groups is 1. The minimum Gasteiger partial charge on any atom is -0.497 e. The lowest BCUT2D eigenvalue weighted by Gasteiger charge is -2.34. The van der Waals surface area contributed by atoms with Gasteiger partial charge in [-0.1, -0.05) is 26.0 Å². The molecule has 122 valence electrons. The lowest BCUT2D eigenvalue weighted by Crippen LogP contribution is -2.43. The highest BCUT2D eigenvalue weighted by molar-refractivity contribution is 5.78. The van der Waals surface area contributed by atoms with Crippen molar-refractivity contribution in [2.45, 2.75) is 26.7 Å². The Balaban J connectivity index is 1.71. The van der Waals surface area contributed by atoms with Crippen LogP contribution in [0.3, 0.4) is 0 Å².